The highest BCUT2D eigenvalue weighted by Crippen LogP contribution is 2.15. The van der Waals surface area contributed by atoms with E-state index in [0.717, 1.165) is 17.1 Å². The summed E-state index contributed by atoms with van der Waals surface area (Å²) < 4.78 is 0. The molecule has 0 unspecified atom stereocenters. The minimum atomic E-state index is 0.179. The summed E-state index contributed by atoms with van der Waals surface area (Å²) in [5.41, 5.74) is 7.70. The first kappa shape index (κ1) is 16.6. The second kappa shape index (κ2) is 7.61. The first-order chi connectivity index (χ1) is 13.3. The van der Waals surface area contributed by atoms with Gasteiger partial charge in [-0.15, -0.1) is 0 Å². The summed E-state index contributed by atoms with van der Waals surface area (Å²) in [7, 11) is 0. The van der Waals surface area contributed by atoms with E-state index in [-0.39, 0.29) is 5.95 Å². The van der Waals surface area contributed by atoms with E-state index in [9.17, 15) is 0 Å². The topological polar surface area (TPSA) is 118 Å². The molecular formula is C19H18N8. The number of nitrogens with one attached hydrogen (secondary N) is 2. The molecule has 0 bridgehead atoms. The largest absolute Gasteiger partial charge is 0.368 e. The molecule has 2 aromatic carbocycles. The number of rotatable bonds is 6. The van der Waals surface area contributed by atoms with Gasteiger partial charge in [-0.05, 0) is 12.1 Å². The summed E-state index contributed by atoms with van der Waals surface area (Å²) in [4.78, 5) is 17.3. The van der Waals surface area contributed by atoms with Gasteiger partial charge in [0.2, 0.25) is 11.9 Å². The lowest BCUT2D eigenvalue weighted by atomic mass is 10.2. The fourth-order valence-electron chi connectivity index (χ4n) is 2.61. The number of anilines is 3. The maximum absolute atomic E-state index is 5.82. The third kappa shape index (κ3) is 4.24. The van der Waals surface area contributed by atoms with Gasteiger partial charge in [-0.3, -0.25) is 5.10 Å². The fraction of sp³-hybridized carbons (Fsp3) is 0.105. The number of benzene rings is 2. The van der Waals surface area contributed by atoms with E-state index in [4.69, 9.17) is 5.73 Å². The summed E-state index contributed by atoms with van der Waals surface area (Å²) in [6, 6.07) is 19.5. The van der Waals surface area contributed by atoms with Gasteiger partial charge in [-0.1, -0.05) is 48.5 Å². The van der Waals surface area contributed by atoms with Crippen molar-refractivity contribution in [2.24, 2.45) is 0 Å². The Balaban J connectivity index is 1.45. The van der Waals surface area contributed by atoms with Crippen LogP contribution < -0.4 is 11.1 Å². The third-order valence-corrected chi connectivity index (χ3v) is 3.88. The molecule has 0 aliphatic carbocycles. The number of nitrogen functional groups attached to an aromatic ring is 1. The lowest BCUT2D eigenvalue weighted by Crippen LogP contribution is -2.08. The number of hydrogen-bond donors (Lipinski definition) is 3. The van der Waals surface area contributed by atoms with E-state index < -0.39 is 0 Å². The second-order valence-corrected chi connectivity index (χ2v) is 5.89. The Morgan fingerprint density at radius 2 is 1.48 bits per heavy atom. The Labute approximate surface area is 155 Å². The van der Waals surface area contributed by atoms with Crippen LogP contribution in [0.15, 0.2) is 60.7 Å². The molecule has 4 rings (SSSR count). The van der Waals surface area contributed by atoms with Crippen LogP contribution in [0, 0.1) is 0 Å². The summed E-state index contributed by atoms with van der Waals surface area (Å²) in [6.45, 7) is 0. The number of aromatic nitrogens is 6. The van der Waals surface area contributed by atoms with Crippen LogP contribution in [0.4, 0.5) is 17.6 Å². The molecule has 0 saturated heterocycles. The zero-order valence-electron chi connectivity index (χ0n) is 14.5. The zero-order valence-corrected chi connectivity index (χ0v) is 14.5. The van der Waals surface area contributed by atoms with Crippen LogP contribution in [0.2, 0.25) is 0 Å². The molecule has 2 heterocycles. The second-order valence-electron chi connectivity index (χ2n) is 5.89. The Hall–Kier alpha value is -3.81. The predicted molar refractivity (Wildman–Crippen MR) is 103 cm³/mol. The van der Waals surface area contributed by atoms with Gasteiger partial charge in [0.1, 0.15) is 5.82 Å². The lowest BCUT2D eigenvalue weighted by molar-refractivity contribution is 0.803. The van der Waals surface area contributed by atoms with Crippen molar-refractivity contribution in [3.05, 3.63) is 72.3 Å². The van der Waals surface area contributed by atoms with E-state index in [1.165, 1.54) is 0 Å². The molecule has 27 heavy (non-hydrogen) atoms. The molecular weight excluding hydrogens is 340 g/mol. The predicted octanol–water partition coefficient (Wildman–Crippen LogP) is 2.77. The van der Waals surface area contributed by atoms with Crippen LogP contribution in [0.3, 0.4) is 0 Å². The number of H-pyrrole nitrogens is 1. The standard InChI is InChI=1S/C19H18N8/c20-18-23-15(24-19(25-18)21-14-9-5-2-6-10-14)11-12-16-22-17(27-26-16)13-7-3-1-4-8-13/h1-10H,11-12H2,(H,22,26,27)(H3,20,21,23,24,25). The Bertz CT molecular complexity index is 1010. The maximum atomic E-state index is 5.82. The smallest absolute Gasteiger partial charge is 0.232 e. The molecule has 0 amide bonds. The fourth-order valence-corrected chi connectivity index (χ4v) is 2.61. The van der Waals surface area contributed by atoms with Gasteiger partial charge >= 0.3 is 0 Å². The third-order valence-electron chi connectivity index (χ3n) is 3.88. The van der Waals surface area contributed by atoms with Crippen molar-refractivity contribution in [1.82, 2.24) is 30.1 Å². The van der Waals surface area contributed by atoms with Crippen molar-refractivity contribution in [2.75, 3.05) is 11.1 Å². The van der Waals surface area contributed by atoms with Crippen LogP contribution in [-0.2, 0) is 12.8 Å². The molecule has 0 fully saturated rings. The number of aryl methyl sites for hydroxylation is 2. The van der Waals surface area contributed by atoms with Crippen molar-refractivity contribution < 1.29 is 0 Å². The van der Waals surface area contributed by atoms with Crippen molar-refractivity contribution >= 4 is 17.6 Å². The molecule has 8 nitrogen and oxygen atoms in total. The first-order valence-corrected chi connectivity index (χ1v) is 8.55. The summed E-state index contributed by atoms with van der Waals surface area (Å²) in [5.74, 6) is 2.63. The van der Waals surface area contributed by atoms with Gasteiger partial charge in [-0.25, -0.2) is 4.98 Å². The quantitative estimate of drug-likeness (QED) is 0.485. The number of aromatic amines is 1. The number of nitrogens with zero attached hydrogens (tertiary/aromatic N) is 5. The molecule has 8 heteroatoms. The van der Waals surface area contributed by atoms with E-state index >= 15 is 0 Å². The monoisotopic (exact) mass is 358 g/mol. The van der Waals surface area contributed by atoms with E-state index in [1.807, 2.05) is 60.7 Å². The molecule has 134 valence electrons. The van der Waals surface area contributed by atoms with Gasteiger partial charge in [-0.2, -0.15) is 20.1 Å². The highest BCUT2D eigenvalue weighted by Gasteiger charge is 2.09. The molecule has 0 aliphatic heterocycles. The SMILES string of the molecule is Nc1nc(CCc2n[nH]c(-c3ccccc3)n2)nc(Nc2ccccc2)n1. The Morgan fingerprint density at radius 3 is 2.26 bits per heavy atom. The molecule has 4 N–H and O–H groups in total. The van der Waals surface area contributed by atoms with Crippen LogP contribution in [0.1, 0.15) is 11.6 Å². The van der Waals surface area contributed by atoms with E-state index in [0.29, 0.717) is 30.4 Å². The van der Waals surface area contributed by atoms with Crippen molar-refractivity contribution in [3.63, 3.8) is 0 Å². The maximum Gasteiger partial charge on any atom is 0.232 e. The lowest BCUT2D eigenvalue weighted by Gasteiger charge is -2.06. The summed E-state index contributed by atoms with van der Waals surface area (Å²) >= 11 is 0. The van der Waals surface area contributed by atoms with Gasteiger partial charge in [0.25, 0.3) is 0 Å². The van der Waals surface area contributed by atoms with Crippen LogP contribution in [0.5, 0.6) is 0 Å². The van der Waals surface area contributed by atoms with Crippen molar-refractivity contribution in [1.29, 1.82) is 0 Å². The van der Waals surface area contributed by atoms with Gasteiger partial charge in [0.05, 0.1) is 0 Å². The number of nitrogens with two attached hydrogens (primary N) is 1. The van der Waals surface area contributed by atoms with Crippen molar-refractivity contribution in [2.45, 2.75) is 12.8 Å². The van der Waals surface area contributed by atoms with Crippen LogP contribution in [-0.4, -0.2) is 30.1 Å². The molecule has 0 aliphatic rings. The molecule has 0 radical (unpaired) electrons. The number of para-hydroxylation sites is 1. The first-order valence-electron chi connectivity index (χ1n) is 8.55. The van der Waals surface area contributed by atoms with E-state index in [2.05, 4.69) is 35.5 Å². The molecule has 0 spiro atoms. The number of hydrogen-bond acceptors (Lipinski definition) is 7. The molecule has 4 aromatic rings. The van der Waals surface area contributed by atoms with Gasteiger partial charge in [0.15, 0.2) is 11.6 Å². The van der Waals surface area contributed by atoms with Crippen LogP contribution >= 0.6 is 0 Å². The Morgan fingerprint density at radius 1 is 0.778 bits per heavy atom. The minimum absolute atomic E-state index is 0.179. The average Bonchev–Trinajstić information content (AvgIpc) is 3.17. The normalized spacial score (nSPS) is 10.7. The van der Waals surface area contributed by atoms with Crippen LogP contribution in [0.25, 0.3) is 11.4 Å². The zero-order chi connectivity index (χ0) is 18.5. The minimum Gasteiger partial charge on any atom is -0.368 e. The molecule has 2 aromatic heterocycles. The van der Waals surface area contributed by atoms with Gasteiger partial charge < -0.3 is 11.1 Å². The highest BCUT2D eigenvalue weighted by atomic mass is 15.2. The average molecular weight is 358 g/mol. The molecule has 0 atom stereocenters. The molecule has 0 saturated carbocycles. The van der Waals surface area contributed by atoms with E-state index in [1.54, 1.807) is 0 Å². The van der Waals surface area contributed by atoms with Crippen molar-refractivity contribution in [3.8, 4) is 11.4 Å². The summed E-state index contributed by atoms with van der Waals surface area (Å²) in [6.07, 6.45) is 1.15. The highest BCUT2D eigenvalue weighted by molar-refractivity contribution is 5.54. The van der Waals surface area contributed by atoms with Gasteiger partial charge in [0, 0.05) is 24.1 Å². The summed E-state index contributed by atoms with van der Waals surface area (Å²) in [5, 5.41) is 10.4. The Kier molecular flexibility index (Phi) is 4.69.